The van der Waals surface area contributed by atoms with Crippen molar-refractivity contribution in [2.45, 2.75) is 26.8 Å². The van der Waals surface area contributed by atoms with Gasteiger partial charge in [-0.2, -0.15) is 0 Å². The molecule has 0 saturated heterocycles. The molecule has 2 aromatic rings. The van der Waals surface area contributed by atoms with Crippen molar-refractivity contribution < 1.29 is 4.39 Å². The second-order valence-electron chi connectivity index (χ2n) is 4.85. The first-order valence-electron chi connectivity index (χ1n) is 6.11. The van der Waals surface area contributed by atoms with Crippen LogP contribution in [0.2, 0.25) is 0 Å². The van der Waals surface area contributed by atoms with E-state index >= 15 is 0 Å². The highest BCUT2D eigenvalue weighted by molar-refractivity contribution is 5.68. The molecular formula is C16H18FN. The zero-order valence-electron chi connectivity index (χ0n) is 11.0. The second kappa shape index (κ2) is 4.91. The summed E-state index contributed by atoms with van der Waals surface area (Å²) < 4.78 is 14.0. The van der Waals surface area contributed by atoms with Crippen molar-refractivity contribution in [3.63, 3.8) is 0 Å². The van der Waals surface area contributed by atoms with E-state index in [4.69, 9.17) is 5.73 Å². The molecule has 0 aromatic heterocycles. The molecule has 0 fully saturated rings. The summed E-state index contributed by atoms with van der Waals surface area (Å²) in [6.45, 7) is 5.77. The Morgan fingerprint density at radius 3 is 2.17 bits per heavy atom. The van der Waals surface area contributed by atoms with Gasteiger partial charge in [-0.05, 0) is 49.1 Å². The Kier molecular flexibility index (Phi) is 3.48. The number of hydrogen-bond acceptors (Lipinski definition) is 1. The van der Waals surface area contributed by atoms with E-state index in [1.807, 2.05) is 51.1 Å². The van der Waals surface area contributed by atoms with E-state index in [2.05, 4.69) is 0 Å². The Bertz CT molecular complexity index is 533. The van der Waals surface area contributed by atoms with E-state index in [0.717, 1.165) is 22.3 Å². The van der Waals surface area contributed by atoms with Crippen LogP contribution in [0.1, 0.15) is 29.7 Å². The van der Waals surface area contributed by atoms with Crippen molar-refractivity contribution in [1.29, 1.82) is 0 Å². The molecular weight excluding hydrogens is 225 g/mol. The molecule has 1 unspecified atom stereocenters. The van der Waals surface area contributed by atoms with Gasteiger partial charge in [-0.3, -0.25) is 0 Å². The van der Waals surface area contributed by atoms with Crippen LogP contribution in [0.15, 0.2) is 36.4 Å². The van der Waals surface area contributed by atoms with Crippen molar-refractivity contribution in [2.24, 2.45) is 5.73 Å². The van der Waals surface area contributed by atoms with Crippen LogP contribution in [0.5, 0.6) is 0 Å². The second-order valence-corrected chi connectivity index (χ2v) is 4.85. The fourth-order valence-electron chi connectivity index (χ4n) is 2.23. The first-order chi connectivity index (χ1) is 8.49. The van der Waals surface area contributed by atoms with Crippen LogP contribution in [-0.2, 0) is 0 Å². The largest absolute Gasteiger partial charge is 0.324 e. The zero-order chi connectivity index (χ0) is 13.3. The van der Waals surface area contributed by atoms with Gasteiger partial charge in [0.25, 0.3) is 0 Å². The first-order valence-corrected chi connectivity index (χ1v) is 6.11. The Hall–Kier alpha value is -1.67. The molecule has 0 saturated carbocycles. The SMILES string of the molecule is Cc1cc(C)c(-c2ccc(C(C)N)cc2)c(F)c1. The minimum atomic E-state index is -0.166. The molecule has 0 bridgehead atoms. The van der Waals surface area contributed by atoms with Gasteiger partial charge >= 0.3 is 0 Å². The summed E-state index contributed by atoms with van der Waals surface area (Å²) in [6.07, 6.45) is 0. The van der Waals surface area contributed by atoms with E-state index in [9.17, 15) is 4.39 Å². The van der Waals surface area contributed by atoms with Crippen molar-refractivity contribution >= 4 is 0 Å². The normalized spacial score (nSPS) is 12.5. The van der Waals surface area contributed by atoms with Crippen LogP contribution in [0.3, 0.4) is 0 Å². The Balaban J connectivity index is 2.49. The molecule has 94 valence electrons. The lowest BCUT2D eigenvalue weighted by Gasteiger charge is -2.11. The van der Waals surface area contributed by atoms with Gasteiger partial charge in [0, 0.05) is 11.6 Å². The van der Waals surface area contributed by atoms with Crippen LogP contribution < -0.4 is 5.73 Å². The first kappa shape index (κ1) is 12.8. The smallest absolute Gasteiger partial charge is 0.131 e. The zero-order valence-corrected chi connectivity index (χ0v) is 11.0. The predicted molar refractivity (Wildman–Crippen MR) is 73.9 cm³/mol. The molecule has 0 radical (unpaired) electrons. The number of aryl methyl sites for hydroxylation is 2. The van der Waals surface area contributed by atoms with Gasteiger partial charge in [0.15, 0.2) is 0 Å². The van der Waals surface area contributed by atoms with Crippen LogP contribution >= 0.6 is 0 Å². The van der Waals surface area contributed by atoms with E-state index in [1.54, 1.807) is 6.07 Å². The number of rotatable bonds is 2. The Labute approximate surface area is 107 Å². The lowest BCUT2D eigenvalue weighted by Crippen LogP contribution is -2.04. The van der Waals surface area contributed by atoms with Crippen molar-refractivity contribution in [3.8, 4) is 11.1 Å². The Morgan fingerprint density at radius 1 is 1.06 bits per heavy atom. The number of nitrogens with two attached hydrogens (primary N) is 1. The molecule has 0 aliphatic rings. The molecule has 0 heterocycles. The summed E-state index contributed by atoms with van der Waals surface area (Å²) in [5.41, 5.74) is 10.3. The van der Waals surface area contributed by atoms with Crippen LogP contribution in [-0.4, -0.2) is 0 Å². The van der Waals surface area contributed by atoms with Gasteiger partial charge in [-0.15, -0.1) is 0 Å². The quantitative estimate of drug-likeness (QED) is 0.843. The Morgan fingerprint density at radius 2 is 1.67 bits per heavy atom. The van der Waals surface area contributed by atoms with Crippen molar-refractivity contribution in [2.75, 3.05) is 0 Å². The van der Waals surface area contributed by atoms with Crippen LogP contribution in [0, 0.1) is 19.7 Å². The summed E-state index contributed by atoms with van der Waals surface area (Å²) in [4.78, 5) is 0. The molecule has 2 heteroatoms. The third-order valence-corrected chi connectivity index (χ3v) is 3.16. The number of hydrogen-bond donors (Lipinski definition) is 1. The lowest BCUT2D eigenvalue weighted by atomic mass is 9.96. The maximum Gasteiger partial charge on any atom is 0.131 e. The molecule has 0 aliphatic carbocycles. The third-order valence-electron chi connectivity index (χ3n) is 3.16. The minimum absolute atomic E-state index is 0.00279. The summed E-state index contributed by atoms with van der Waals surface area (Å²) in [7, 11) is 0. The standard InChI is InChI=1S/C16H18FN/c1-10-8-11(2)16(15(17)9-10)14-6-4-13(5-7-14)12(3)18/h4-9,12H,18H2,1-3H3. The van der Waals surface area contributed by atoms with E-state index in [1.165, 1.54) is 0 Å². The summed E-state index contributed by atoms with van der Waals surface area (Å²) in [5.74, 6) is -0.166. The molecule has 18 heavy (non-hydrogen) atoms. The number of halogens is 1. The maximum atomic E-state index is 14.0. The minimum Gasteiger partial charge on any atom is -0.324 e. The van der Waals surface area contributed by atoms with Crippen molar-refractivity contribution in [3.05, 3.63) is 58.9 Å². The summed E-state index contributed by atoms with van der Waals surface area (Å²) in [6, 6.07) is 11.3. The van der Waals surface area contributed by atoms with Gasteiger partial charge in [0.05, 0.1) is 0 Å². The third kappa shape index (κ3) is 2.44. The highest BCUT2D eigenvalue weighted by Gasteiger charge is 2.09. The van der Waals surface area contributed by atoms with E-state index in [0.29, 0.717) is 5.56 Å². The highest BCUT2D eigenvalue weighted by Crippen LogP contribution is 2.28. The summed E-state index contributed by atoms with van der Waals surface area (Å²) >= 11 is 0. The van der Waals surface area contributed by atoms with E-state index in [-0.39, 0.29) is 11.9 Å². The fraction of sp³-hybridized carbons (Fsp3) is 0.250. The topological polar surface area (TPSA) is 26.0 Å². The fourth-order valence-corrected chi connectivity index (χ4v) is 2.23. The average Bonchev–Trinajstić information content (AvgIpc) is 2.28. The lowest BCUT2D eigenvalue weighted by molar-refractivity contribution is 0.629. The molecule has 0 amide bonds. The van der Waals surface area contributed by atoms with Crippen LogP contribution in [0.4, 0.5) is 4.39 Å². The average molecular weight is 243 g/mol. The predicted octanol–water partition coefficient (Wildman–Crippen LogP) is 4.13. The maximum absolute atomic E-state index is 14.0. The molecule has 0 spiro atoms. The number of benzene rings is 2. The van der Waals surface area contributed by atoms with Gasteiger partial charge in [0.2, 0.25) is 0 Å². The van der Waals surface area contributed by atoms with Crippen molar-refractivity contribution in [1.82, 2.24) is 0 Å². The van der Waals surface area contributed by atoms with Gasteiger partial charge in [-0.25, -0.2) is 4.39 Å². The molecule has 2 rings (SSSR count). The van der Waals surface area contributed by atoms with Crippen LogP contribution in [0.25, 0.3) is 11.1 Å². The van der Waals surface area contributed by atoms with E-state index < -0.39 is 0 Å². The molecule has 1 atom stereocenters. The van der Waals surface area contributed by atoms with Gasteiger partial charge in [-0.1, -0.05) is 30.3 Å². The molecule has 0 aliphatic heterocycles. The van der Waals surface area contributed by atoms with Gasteiger partial charge in [0.1, 0.15) is 5.82 Å². The highest BCUT2D eigenvalue weighted by atomic mass is 19.1. The monoisotopic (exact) mass is 243 g/mol. The molecule has 1 nitrogen and oxygen atoms in total. The summed E-state index contributed by atoms with van der Waals surface area (Å²) in [5, 5.41) is 0. The molecule has 2 N–H and O–H groups in total. The molecule has 2 aromatic carbocycles. The van der Waals surface area contributed by atoms with Gasteiger partial charge < -0.3 is 5.73 Å².